The van der Waals surface area contributed by atoms with Gasteiger partial charge in [-0.3, -0.25) is 9.59 Å². The van der Waals surface area contributed by atoms with E-state index in [0.717, 1.165) is 6.42 Å². The lowest BCUT2D eigenvalue weighted by Crippen LogP contribution is -2.25. The average molecular weight is 265 g/mol. The Labute approximate surface area is 113 Å². The van der Waals surface area contributed by atoms with Gasteiger partial charge in [0, 0.05) is 19.4 Å². The molecule has 3 nitrogen and oxygen atoms in total. The first-order valence-corrected chi connectivity index (χ1v) is 6.55. The third kappa shape index (κ3) is 5.64. The van der Waals surface area contributed by atoms with E-state index in [0.29, 0.717) is 12.5 Å². The largest absolute Gasteiger partial charge is 0.356 e. The van der Waals surface area contributed by atoms with Crippen molar-refractivity contribution in [3.05, 3.63) is 35.6 Å². The number of hydrogen-bond donors (Lipinski definition) is 1. The summed E-state index contributed by atoms with van der Waals surface area (Å²) in [7, 11) is 0. The number of nitrogens with one attached hydrogen (secondary N) is 1. The highest BCUT2D eigenvalue weighted by Gasteiger charge is 2.12. The second-order valence-electron chi connectivity index (χ2n) is 4.94. The Balaban J connectivity index is 2.34. The Morgan fingerprint density at radius 2 is 1.89 bits per heavy atom. The maximum atomic E-state index is 13.3. The fourth-order valence-corrected chi connectivity index (χ4v) is 1.64. The van der Waals surface area contributed by atoms with Crippen molar-refractivity contribution in [3.63, 3.8) is 0 Å². The van der Waals surface area contributed by atoms with Crippen molar-refractivity contribution in [1.82, 2.24) is 5.32 Å². The van der Waals surface area contributed by atoms with Crippen LogP contribution >= 0.6 is 0 Å². The lowest BCUT2D eigenvalue weighted by molar-refractivity contribution is -0.121. The van der Waals surface area contributed by atoms with E-state index in [4.69, 9.17) is 0 Å². The molecule has 4 heteroatoms. The minimum atomic E-state index is -0.535. The van der Waals surface area contributed by atoms with Crippen LogP contribution in [0.2, 0.25) is 0 Å². The van der Waals surface area contributed by atoms with E-state index in [9.17, 15) is 14.0 Å². The van der Waals surface area contributed by atoms with Crippen LogP contribution in [0.3, 0.4) is 0 Å². The smallest absolute Gasteiger partial charge is 0.220 e. The summed E-state index contributed by atoms with van der Waals surface area (Å²) in [5, 5.41) is 2.75. The third-order valence-corrected chi connectivity index (χ3v) is 2.80. The molecular weight excluding hydrogens is 245 g/mol. The van der Waals surface area contributed by atoms with Gasteiger partial charge in [-0.15, -0.1) is 0 Å². The molecule has 0 aliphatic carbocycles. The number of carbonyl (C=O) groups is 2. The van der Waals surface area contributed by atoms with Gasteiger partial charge in [-0.1, -0.05) is 26.0 Å². The number of amides is 1. The first-order valence-electron chi connectivity index (χ1n) is 6.55. The molecule has 0 fully saturated rings. The third-order valence-electron chi connectivity index (χ3n) is 2.80. The van der Waals surface area contributed by atoms with Crippen molar-refractivity contribution >= 4 is 11.7 Å². The molecular formula is C15H20FNO2. The van der Waals surface area contributed by atoms with Crippen molar-refractivity contribution in [2.45, 2.75) is 33.1 Å². The molecule has 104 valence electrons. The molecule has 0 aromatic heterocycles. The Morgan fingerprint density at radius 1 is 1.21 bits per heavy atom. The predicted molar refractivity (Wildman–Crippen MR) is 72.4 cm³/mol. The summed E-state index contributed by atoms with van der Waals surface area (Å²) in [5.41, 5.74) is 0.0532. The Morgan fingerprint density at radius 3 is 2.53 bits per heavy atom. The minimum absolute atomic E-state index is 0.0362. The van der Waals surface area contributed by atoms with Crippen molar-refractivity contribution in [2.24, 2.45) is 5.92 Å². The van der Waals surface area contributed by atoms with Crippen molar-refractivity contribution < 1.29 is 14.0 Å². The van der Waals surface area contributed by atoms with E-state index >= 15 is 0 Å². The van der Waals surface area contributed by atoms with E-state index in [-0.39, 0.29) is 30.1 Å². The van der Waals surface area contributed by atoms with E-state index in [1.165, 1.54) is 18.2 Å². The van der Waals surface area contributed by atoms with Crippen LogP contribution in [0.15, 0.2) is 24.3 Å². The number of carbonyl (C=O) groups excluding carboxylic acids is 2. The molecule has 0 heterocycles. The maximum Gasteiger partial charge on any atom is 0.220 e. The zero-order chi connectivity index (χ0) is 14.3. The van der Waals surface area contributed by atoms with Crippen LogP contribution in [0.1, 0.15) is 43.5 Å². The molecule has 0 spiro atoms. The fourth-order valence-electron chi connectivity index (χ4n) is 1.64. The molecule has 0 radical (unpaired) electrons. The number of rotatable bonds is 7. The Kier molecular flexibility index (Phi) is 6.19. The number of halogens is 1. The quantitative estimate of drug-likeness (QED) is 0.770. The van der Waals surface area contributed by atoms with Crippen LogP contribution in [-0.4, -0.2) is 18.2 Å². The molecule has 0 aliphatic rings. The zero-order valence-corrected chi connectivity index (χ0v) is 11.4. The van der Waals surface area contributed by atoms with Gasteiger partial charge in [0.1, 0.15) is 5.82 Å². The standard InChI is InChI=1S/C15H20FNO2/c1-11(2)9-10-17-15(19)8-7-14(18)12-5-3-4-6-13(12)16/h3-6,11H,7-10H2,1-2H3,(H,17,19). The van der Waals surface area contributed by atoms with Crippen LogP contribution < -0.4 is 5.32 Å². The normalized spacial score (nSPS) is 10.5. The summed E-state index contributed by atoms with van der Waals surface area (Å²) < 4.78 is 13.3. The molecule has 0 atom stereocenters. The molecule has 1 aromatic rings. The summed E-state index contributed by atoms with van der Waals surface area (Å²) in [5.74, 6) is -0.504. The predicted octanol–water partition coefficient (Wildman–Crippen LogP) is 2.95. The summed E-state index contributed by atoms with van der Waals surface area (Å²) in [6, 6.07) is 5.83. The van der Waals surface area contributed by atoms with Crippen molar-refractivity contribution in [3.8, 4) is 0 Å². The van der Waals surface area contributed by atoms with Crippen LogP contribution in [0.5, 0.6) is 0 Å². The molecule has 19 heavy (non-hydrogen) atoms. The first kappa shape index (κ1) is 15.3. The maximum absolute atomic E-state index is 13.3. The van der Waals surface area contributed by atoms with Gasteiger partial charge in [-0.2, -0.15) is 0 Å². The van der Waals surface area contributed by atoms with Crippen LogP contribution in [0, 0.1) is 11.7 Å². The van der Waals surface area contributed by atoms with Gasteiger partial charge in [0.05, 0.1) is 5.56 Å². The highest BCUT2D eigenvalue weighted by Crippen LogP contribution is 2.10. The molecule has 1 aromatic carbocycles. The molecule has 0 unspecified atom stereocenters. The van der Waals surface area contributed by atoms with Gasteiger partial charge >= 0.3 is 0 Å². The van der Waals surface area contributed by atoms with Gasteiger partial charge < -0.3 is 5.32 Å². The van der Waals surface area contributed by atoms with Gasteiger partial charge in [0.15, 0.2) is 5.78 Å². The Hall–Kier alpha value is -1.71. The van der Waals surface area contributed by atoms with Gasteiger partial charge in [-0.05, 0) is 24.5 Å². The highest BCUT2D eigenvalue weighted by molar-refractivity contribution is 5.98. The molecule has 0 aliphatic heterocycles. The van der Waals surface area contributed by atoms with E-state index in [1.54, 1.807) is 6.07 Å². The number of ketones is 1. The fraction of sp³-hybridized carbons (Fsp3) is 0.467. The molecule has 0 saturated heterocycles. The van der Waals surface area contributed by atoms with E-state index < -0.39 is 5.82 Å². The van der Waals surface area contributed by atoms with Crippen molar-refractivity contribution in [1.29, 1.82) is 0 Å². The number of hydrogen-bond acceptors (Lipinski definition) is 2. The van der Waals surface area contributed by atoms with Crippen LogP contribution in [0.25, 0.3) is 0 Å². The van der Waals surface area contributed by atoms with Crippen molar-refractivity contribution in [2.75, 3.05) is 6.54 Å². The van der Waals surface area contributed by atoms with E-state index in [2.05, 4.69) is 19.2 Å². The second-order valence-corrected chi connectivity index (χ2v) is 4.94. The molecule has 1 N–H and O–H groups in total. The monoisotopic (exact) mass is 265 g/mol. The number of Topliss-reactive ketones (excluding diaryl/α,β-unsaturated/α-hetero) is 1. The lowest BCUT2D eigenvalue weighted by atomic mass is 10.1. The Bertz CT molecular complexity index is 444. The van der Waals surface area contributed by atoms with E-state index in [1.807, 2.05) is 0 Å². The zero-order valence-electron chi connectivity index (χ0n) is 11.4. The molecule has 0 bridgehead atoms. The van der Waals surface area contributed by atoms with Gasteiger partial charge in [-0.25, -0.2) is 4.39 Å². The summed E-state index contributed by atoms with van der Waals surface area (Å²) >= 11 is 0. The molecule has 1 amide bonds. The SMILES string of the molecule is CC(C)CCNC(=O)CCC(=O)c1ccccc1F. The average Bonchev–Trinajstić information content (AvgIpc) is 2.36. The highest BCUT2D eigenvalue weighted by atomic mass is 19.1. The second kappa shape index (κ2) is 7.67. The number of benzene rings is 1. The minimum Gasteiger partial charge on any atom is -0.356 e. The van der Waals surface area contributed by atoms with Crippen LogP contribution in [0.4, 0.5) is 4.39 Å². The topological polar surface area (TPSA) is 46.2 Å². The first-order chi connectivity index (χ1) is 9.00. The van der Waals surface area contributed by atoms with Gasteiger partial charge in [0.2, 0.25) is 5.91 Å². The summed E-state index contributed by atoms with van der Waals surface area (Å²) in [6.07, 6.45) is 1.05. The summed E-state index contributed by atoms with van der Waals surface area (Å²) in [4.78, 5) is 23.2. The molecule has 0 saturated carbocycles. The van der Waals surface area contributed by atoms with Gasteiger partial charge in [0.25, 0.3) is 0 Å². The van der Waals surface area contributed by atoms with Crippen LogP contribution in [-0.2, 0) is 4.79 Å². The molecule has 1 rings (SSSR count). The summed E-state index contributed by atoms with van der Waals surface area (Å²) in [6.45, 7) is 4.77. The lowest BCUT2D eigenvalue weighted by Gasteiger charge is -2.07.